The van der Waals surface area contributed by atoms with E-state index in [0.717, 1.165) is 18.0 Å². The monoisotopic (exact) mass is 269 g/mol. The van der Waals surface area contributed by atoms with Gasteiger partial charge in [0.1, 0.15) is 10.0 Å². The van der Waals surface area contributed by atoms with Crippen LogP contribution in [0, 0.1) is 0 Å². The molecule has 1 aromatic heterocycles. The number of rotatable bonds is 9. The Kier molecular flexibility index (Phi) is 7.44. The Bertz CT molecular complexity index is 325. The number of nitrogens with zero attached hydrogens (tertiary/aromatic N) is 2. The normalized spacial score (nSPS) is 14.7. The summed E-state index contributed by atoms with van der Waals surface area (Å²) in [7, 11) is 0. The van der Waals surface area contributed by atoms with Crippen LogP contribution in [0.3, 0.4) is 0 Å². The van der Waals surface area contributed by atoms with Gasteiger partial charge in [-0.25, -0.2) is 0 Å². The van der Waals surface area contributed by atoms with Crippen LogP contribution in [-0.2, 0) is 0 Å². The highest BCUT2D eigenvalue weighted by atomic mass is 32.1. The molecule has 0 amide bonds. The van der Waals surface area contributed by atoms with Gasteiger partial charge in [0.2, 0.25) is 0 Å². The topological polar surface area (TPSA) is 37.8 Å². The number of unbranched alkanes of at least 4 members (excludes halogenated alkanes) is 1. The second kappa shape index (κ2) is 8.59. The molecule has 1 aromatic rings. The van der Waals surface area contributed by atoms with Crippen molar-refractivity contribution < 1.29 is 0 Å². The van der Waals surface area contributed by atoms with Crippen molar-refractivity contribution in [3.8, 4) is 0 Å². The van der Waals surface area contributed by atoms with Crippen LogP contribution in [0.1, 0.15) is 81.8 Å². The molecule has 2 unspecified atom stereocenters. The highest BCUT2D eigenvalue weighted by Gasteiger charge is 2.17. The van der Waals surface area contributed by atoms with E-state index in [4.69, 9.17) is 0 Å². The average Bonchev–Trinajstić information content (AvgIpc) is 2.86. The Hall–Kier alpha value is -0.480. The molecule has 0 bridgehead atoms. The van der Waals surface area contributed by atoms with Gasteiger partial charge in [0.15, 0.2) is 0 Å². The molecule has 0 aliphatic heterocycles. The van der Waals surface area contributed by atoms with Gasteiger partial charge in [-0.1, -0.05) is 44.9 Å². The summed E-state index contributed by atoms with van der Waals surface area (Å²) >= 11 is 1.79. The van der Waals surface area contributed by atoms with E-state index in [0.29, 0.717) is 12.0 Å². The van der Waals surface area contributed by atoms with Gasteiger partial charge in [-0.2, -0.15) is 0 Å². The molecule has 18 heavy (non-hydrogen) atoms. The number of hydrogen-bond acceptors (Lipinski definition) is 4. The average molecular weight is 269 g/mol. The summed E-state index contributed by atoms with van der Waals surface area (Å²) < 4.78 is 0. The first kappa shape index (κ1) is 15.6. The van der Waals surface area contributed by atoms with Crippen LogP contribution >= 0.6 is 11.3 Å². The molecule has 4 heteroatoms. The van der Waals surface area contributed by atoms with E-state index in [1.165, 1.54) is 30.7 Å². The summed E-state index contributed by atoms with van der Waals surface area (Å²) in [5, 5.41) is 14.6. The van der Waals surface area contributed by atoms with Gasteiger partial charge < -0.3 is 5.32 Å². The lowest BCUT2D eigenvalue weighted by Gasteiger charge is -2.10. The fraction of sp³-hybridized carbons (Fsp3) is 0.857. The number of aromatic nitrogens is 2. The Morgan fingerprint density at radius 1 is 1.11 bits per heavy atom. The van der Waals surface area contributed by atoms with Gasteiger partial charge in [0.25, 0.3) is 0 Å². The van der Waals surface area contributed by atoms with Gasteiger partial charge in [-0.05, 0) is 32.7 Å². The highest BCUT2D eigenvalue weighted by Crippen LogP contribution is 2.29. The molecule has 104 valence electrons. The van der Waals surface area contributed by atoms with Gasteiger partial charge >= 0.3 is 0 Å². The van der Waals surface area contributed by atoms with Crippen molar-refractivity contribution in [3.05, 3.63) is 10.0 Å². The van der Waals surface area contributed by atoms with E-state index in [1.807, 2.05) is 0 Å². The van der Waals surface area contributed by atoms with Gasteiger partial charge in [0, 0.05) is 5.92 Å². The van der Waals surface area contributed by atoms with Crippen molar-refractivity contribution in [1.29, 1.82) is 0 Å². The zero-order valence-electron chi connectivity index (χ0n) is 12.2. The molecule has 0 saturated heterocycles. The van der Waals surface area contributed by atoms with E-state index in [9.17, 15) is 0 Å². The summed E-state index contributed by atoms with van der Waals surface area (Å²) in [6.45, 7) is 9.90. The molecule has 1 N–H and O–H groups in total. The van der Waals surface area contributed by atoms with Crippen molar-refractivity contribution >= 4 is 11.3 Å². The molecule has 1 rings (SSSR count). The second-order valence-electron chi connectivity index (χ2n) is 4.90. The first-order chi connectivity index (χ1) is 8.72. The van der Waals surface area contributed by atoms with E-state index >= 15 is 0 Å². The third kappa shape index (κ3) is 4.65. The third-order valence-electron chi connectivity index (χ3n) is 3.28. The minimum absolute atomic E-state index is 0.333. The SMILES string of the molecule is CCCCC(CC)c1nnc(C(C)NCCC)s1. The summed E-state index contributed by atoms with van der Waals surface area (Å²) in [5.41, 5.74) is 0. The maximum atomic E-state index is 4.40. The summed E-state index contributed by atoms with van der Waals surface area (Å²) in [6, 6.07) is 0.333. The molecule has 0 aromatic carbocycles. The largest absolute Gasteiger partial charge is 0.308 e. The lowest BCUT2D eigenvalue weighted by Crippen LogP contribution is -2.19. The predicted molar refractivity (Wildman–Crippen MR) is 79.2 cm³/mol. The Morgan fingerprint density at radius 2 is 1.83 bits per heavy atom. The van der Waals surface area contributed by atoms with Crippen LogP contribution in [0.4, 0.5) is 0 Å². The molecule has 1 heterocycles. The molecule has 3 nitrogen and oxygen atoms in total. The highest BCUT2D eigenvalue weighted by molar-refractivity contribution is 7.11. The molecule has 0 aliphatic carbocycles. The third-order valence-corrected chi connectivity index (χ3v) is 4.54. The van der Waals surface area contributed by atoms with Crippen molar-refractivity contribution in [2.24, 2.45) is 0 Å². The fourth-order valence-electron chi connectivity index (χ4n) is 1.99. The van der Waals surface area contributed by atoms with Crippen LogP contribution in [-0.4, -0.2) is 16.7 Å². The molecule has 0 saturated carbocycles. The Balaban J connectivity index is 2.59. The van der Waals surface area contributed by atoms with Gasteiger partial charge in [0.05, 0.1) is 6.04 Å². The Labute approximate surface area is 115 Å². The van der Waals surface area contributed by atoms with Gasteiger partial charge in [-0.15, -0.1) is 10.2 Å². The summed E-state index contributed by atoms with van der Waals surface area (Å²) in [5.74, 6) is 0.606. The number of nitrogens with one attached hydrogen (secondary N) is 1. The van der Waals surface area contributed by atoms with Crippen LogP contribution < -0.4 is 5.32 Å². The summed E-state index contributed by atoms with van der Waals surface area (Å²) in [4.78, 5) is 0. The zero-order valence-corrected chi connectivity index (χ0v) is 13.0. The van der Waals surface area contributed by atoms with Crippen molar-refractivity contribution in [1.82, 2.24) is 15.5 Å². The summed E-state index contributed by atoms with van der Waals surface area (Å²) in [6.07, 6.45) is 6.13. The first-order valence-electron chi connectivity index (χ1n) is 7.29. The van der Waals surface area contributed by atoms with E-state index < -0.39 is 0 Å². The predicted octanol–water partition coefficient (Wildman–Crippen LogP) is 4.28. The van der Waals surface area contributed by atoms with E-state index in [1.54, 1.807) is 11.3 Å². The smallest absolute Gasteiger partial charge is 0.134 e. The maximum Gasteiger partial charge on any atom is 0.134 e. The molecular weight excluding hydrogens is 242 g/mol. The molecule has 0 fully saturated rings. The van der Waals surface area contributed by atoms with Crippen molar-refractivity contribution in [2.45, 2.75) is 71.8 Å². The molecule has 0 radical (unpaired) electrons. The van der Waals surface area contributed by atoms with Crippen LogP contribution in [0.15, 0.2) is 0 Å². The zero-order chi connectivity index (χ0) is 13.4. The van der Waals surface area contributed by atoms with E-state index in [2.05, 4.69) is 43.2 Å². The van der Waals surface area contributed by atoms with Crippen molar-refractivity contribution in [2.75, 3.05) is 6.54 Å². The first-order valence-corrected chi connectivity index (χ1v) is 8.11. The van der Waals surface area contributed by atoms with Crippen LogP contribution in [0.2, 0.25) is 0 Å². The lowest BCUT2D eigenvalue weighted by atomic mass is 10.0. The Morgan fingerprint density at radius 3 is 2.44 bits per heavy atom. The molecule has 0 aliphatic rings. The fourth-order valence-corrected chi connectivity index (χ4v) is 3.08. The van der Waals surface area contributed by atoms with Crippen molar-refractivity contribution in [3.63, 3.8) is 0 Å². The molecule has 2 atom stereocenters. The maximum absolute atomic E-state index is 4.40. The standard InChI is InChI=1S/C14H27N3S/c1-5-8-9-12(7-3)14-17-16-13(18-14)11(4)15-10-6-2/h11-12,15H,5-10H2,1-4H3. The minimum Gasteiger partial charge on any atom is -0.308 e. The lowest BCUT2D eigenvalue weighted by molar-refractivity contribution is 0.555. The van der Waals surface area contributed by atoms with Crippen LogP contribution in [0.25, 0.3) is 0 Å². The van der Waals surface area contributed by atoms with Crippen LogP contribution in [0.5, 0.6) is 0 Å². The quantitative estimate of drug-likeness (QED) is 0.727. The number of hydrogen-bond donors (Lipinski definition) is 1. The van der Waals surface area contributed by atoms with Gasteiger partial charge in [-0.3, -0.25) is 0 Å². The van der Waals surface area contributed by atoms with E-state index in [-0.39, 0.29) is 0 Å². The minimum atomic E-state index is 0.333. The molecular formula is C14H27N3S. The molecule has 0 spiro atoms. The second-order valence-corrected chi connectivity index (χ2v) is 5.94.